The zero-order valence-corrected chi connectivity index (χ0v) is 11.8. The van der Waals surface area contributed by atoms with Crippen LogP contribution >= 0.6 is 11.6 Å². The van der Waals surface area contributed by atoms with Gasteiger partial charge in [-0.05, 0) is 36.4 Å². The van der Waals surface area contributed by atoms with Crippen LogP contribution in [0.4, 0.5) is 5.82 Å². The van der Waals surface area contributed by atoms with Gasteiger partial charge in [-0.1, -0.05) is 13.8 Å². The first-order valence-corrected chi connectivity index (χ1v) is 6.93. The van der Waals surface area contributed by atoms with Crippen molar-refractivity contribution in [3.63, 3.8) is 0 Å². The number of hydrogen-bond donors (Lipinski definition) is 1. The first-order valence-electron chi connectivity index (χ1n) is 6.55. The number of nitrogens with zero attached hydrogens (tertiary/aromatic N) is 3. The van der Waals surface area contributed by atoms with E-state index in [0.29, 0.717) is 17.8 Å². The molecule has 102 valence electrons. The Bertz CT molecular complexity index is 612. The average Bonchev–Trinajstić information content (AvgIpc) is 2.92. The first kappa shape index (κ1) is 12.7. The number of hydrogen-bond acceptors (Lipinski definition) is 4. The maximum absolute atomic E-state index is 6.07. The smallest absolute Gasteiger partial charge is 0.226 e. The lowest BCUT2D eigenvalue weighted by molar-refractivity contribution is -0.00274. The van der Waals surface area contributed by atoms with Gasteiger partial charge in [0.25, 0.3) is 0 Å². The SMILES string of the molecule is CC[C@H]1O[C@@H](n2ccc3c(N)nc(Cl)nc32)C[C@@H]1C. The number of ether oxygens (including phenoxy) is 1. The van der Waals surface area contributed by atoms with Crippen molar-refractivity contribution in [3.05, 3.63) is 17.5 Å². The lowest BCUT2D eigenvalue weighted by Crippen LogP contribution is -2.12. The third-order valence-electron chi connectivity index (χ3n) is 3.83. The van der Waals surface area contributed by atoms with E-state index in [2.05, 4.69) is 23.8 Å². The largest absolute Gasteiger partial charge is 0.383 e. The number of halogens is 1. The van der Waals surface area contributed by atoms with E-state index in [1.165, 1.54) is 0 Å². The molecule has 1 saturated heterocycles. The number of rotatable bonds is 2. The number of nitrogen functional groups attached to an aromatic ring is 1. The summed E-state index contributed by atoms with van der Waals surface area (Å²) in [6.45, 7) is 4.37. The van der Waals surface area contributed by atoms with E-state index in [9.17, 15) is 0 Å². The summed E-state index contributed by atoms with van der Waals surface area (Å²) in [7, 11) is 0. The molecule has 3 rings (SSSR count). The molecule has 0 saturated carbocycles. The minimum atomic E-state index is 0.00261. The number of aromatic nitrogens is 3. The molecule has 0 aliphatic carbocycles. The molecule has 5 nitrogen and oxygen atoms in total. The Morgan fingerprint density at radius 3 is 3.00 bits per heavy atom. The molecule has 2 aromatic heterocycles. The van der Waals surface area contributed by atoms with Crippen LogP contribution in [0.3, 0.4) is 0 Å². The van der Waals surface area contributed by atoms with Crippen molar-refractivity contribution in [1.29, 1.82) is 0 Å². The molecule has 1 aliphatic heterocycles. The van der Waals surface area contributed by atoms with Gasteiger partial charge in [0.2, 0.25) is 5.28 Å². The van der Waals surface area contributed by atoms with Crippen molar-refractivity contribution in [2.75, 3.05) is 5.73 Å². The molecule has 0 amide bonds. The Labute approximate surface area is 116 Å². The van der Waals surface area contributed by atoms with Crippen molar-refractivity contribution in [2.24, 2.45) is 5.92 Å². The molecular formula is C13H17ClN4O. The van der Waals surface area contributed by atoms with E-state index in [1.807, 2.05) is 16.8 Å². The van der Waals surface area contributed by atoms with E-state index < -0.39 is 0 Å². The van der Waals surface area contributed by atoms with Gasteiger partial charge >= 0.3 is 0 Å². The summed E-state index contributed by atoms with van der Waals surface area (Å²) in [6, 6.07) is 1.91. The Morgan fingerprint density at radius 2 is 2.32 bits per heavy atom. The van der Waals surface area contributed by atoms with Crippen LogP contribution in [0, 0.1) is 5.92 Å². The van der Waals surface area contributed by atoms with Crippen molar-refractivity contribution in [2.45, 2.75) is 39.0 Å². The monoisotopic (exact) mass is 280 g/mol. The summed E-state index contributed by atoms with van der Waals surface area (Å²) in [5, 5.41) is 0.989. The fourth-order valence-corrected chi connectivity index (χ4v) is 2.97. The highest BCUT2D eigenvalue weighted by molar-refractivity contribution is 6.28. The molecule has 0 unspecified atom stereocenters. The zero-order valence-electron chi connectivity index (χ0n) is 11.0. The molecule has 19 heavy (non-hydrogen) atoms. The third kappa shape index (κ3) is 2.07. The standard InChI is InChI=1S/C13H17ClN4O/c1-3-9-7(2)6-10(19-9)18-5-4-8-11(15)16-13(14)17-12(8)18/h4-5,7,9-10H,3,6H2,1-2H3,(H2,15,16,17)/t7-,9+,10+/m0/s1. The molecule has 1 aliphatic rings. The molecular weight excluding hydrogens is 264 g/mol. The van der Waals surface area contributed by atoms with Crippen molar-refractivity contribution >= 4 is 28.5 Å². The van der Waals surface area contributed by atoms with Crippen molar-refractivity contribution in [1.82, 2.24) is 14.5 Å². The fourth-order valence-electron chi connectivity index (χ4n) is 2.80. The first-order chi connectivity index (χ1) is 9.10. The van der Waals surface area contributed by atoms with E-state index in [0.717, 1.165) is 23.9 Å². The fraction of sp³-hybridized carbons (Fsp3) is 0.538. The van der Waals surface area contributed by atoms with Gasteiger partial charge in [0.15, 0.2) is 0 Å². The second-order valence-corrected chi connectivity index (χ2v) is 5.43. The molecule has 2 aromatic rings. The molecule has 0 spiro atoms. The molecule has 3 heterocycles. The van der Waals surface area contributed by atoms with Gasteiger partial charge in [-0.25, -0.2) is 4.98 Å². The Kier molecular flexibility index (Phi) is 3.11. The van der Waals surface area contributed by atoms with Gasteiger partial charge in [0.05, 0.1) is 11.5 Å². The summed E-state index contributed by atoms with van der Waals surface area (Å²) in [5.41, 5.74) is 6.60. The maximum Gasteiger partial charge on any atom is 0.226 e. The highest BCUT2D eigenvalue weighted by Crippen LogP contribution is 2.36. The van der Waals surface area contributed by atoms with Gasteiger partial charge in [0.1, 0.15) is 17.7 Å². The van der Waals surface area contributed by atoms with Crippen LogP contribution in [0.15, 0.2) is 12.3 Å². The Hall–Kier alpha value is -1.33. The van der Waals surface area contributed by atoms with Crippen LogP contribution in [-0.2, 0) is 4.74 Å². The lowest BCUT2D eigenvalue weighted by Gasteiger charge is -2.15. The Morgan fingerprint density at radius 1 is 1.53 bits per heavy atom. The zero-order chi connectivity index (χ0) is 13.6. The summed E-state index contributed by atoms with van der Waals surface area (Å²) in [4.78, 5) is 8.24. The molecule has 1 fully saturated rings. The molecule has 3 atom stereocenters. The van der Waals surface area contributed by atoms with Crippen LogP contribution in [0.5, 0.6) is 0 Å². The molecule has 0 bridgehead atoms. The van der Waals surface area contributed by atoms with Crippen LogP contribution < -0.4 is 5.73 Å². The normalized spacial score (nSPS) is 27.2. The van der Waals surface area contributed by atoms with Gasteiger partial charge in [-0.15, -0.1) is 0 Å². The molecule has 0 radical (unpaired) electrons. The summed E-state index contributed by atoms with van der Waals surface area (Å²) < 4.78 is 8.08. The van der Waals surface area contributed by atoms with E-state index in [1.54, 1.807) is 0 Å². The van der Waals surface area contributed by atoms with Crippen molar-refractivity contribution < 1.29 is 4.74 Å². The van der Waals surface area contributed by atoms with Gasteiger partial charge in [0, 0.05) is 6.20 Å². The van der Waals surface area contributed by atoms with E-state index in [-0.39, 0.29) is 11.5 Å². The Balaban J connectivity index is 2.02. The van der Waals surface area contributed by atoms with Gasteiger partial charge in [-0.2, -0.15) is 4.98 Å². The molecule has 2 N–H and O–H groups in total. The van der Waals surface area contributed by atoms with Crippen LogP contribution in [-0.4, -0.2) is 20.6 Å². The third-order valence-corrected chi connectivity index (χ3v) is 4.00. The highest BCUT2D eigenvalue weighted by atomic mass is 35.5. The quantitative estimate of drug-likeness (QED) is 0.859. The second kappa shape index (κ2) is 4.65. The van der Waals surface area contributed by atoms with Crippen LogP contribution in [0.25, 0.3) is 11.0 Å². The van der Waals surface area contributed by atoms with Crippen molar-refractivity contribution in [3.8, 4) is 0 Å². The van der Waals surface area contributed by atoms with Gasteiger partial charge in [-0.3, -0.25) is 0 Å². The minimum Gasteiger partial charge on any atom is -0.383 e. The summed E-state index contributed by atoms with van der Waals surface area (Å²) in [5.74, 6) is 0.953. The summed E-state index contributed by atoms with van der Waals surface area (Å²) >= 11 is 5.89. The van der Waals surface area contributed by atoms with Crippen LogP contribution in [0.2, 0.25) is 5.28 Å². The second-order valence-electron chi connectivity index (χ2n) is 5.09. The maximum atomic E-state index is 6.07. The molecule has 6 heteroatoms. The average molecular weight is 281 g/mol. The molecule has 0 aromatic carbocycles. The van der Waals surface area contributed by atoms with E-state index >= 15 is 0 Å². The number of fused-ring (bicyclic) bond motifs is 1. The minimum absolute atomic E-state index is 0.00261. The lowest BCUT2D eigenvalue weighted by atomic mass is 10.0. The number of anilines is 1. The highest BCUT2D eigenvalue weighted by Gasteiger charge is 2.32. The summed E-state index contributed by atoms with van der Waals surface area (Å²) in [6.07, 6.45) is 4.25. The van der Waals surface area contributed by atoms with Crippen LogP contribution in [0.1, 0.15) is 32.9 Å². The topological polar surface area (TPSA) is 66.0 Å². The predicted molar refractivity (Wildman–Crippen MR) is 74.9 cm³/mol. The number of nitrogens with two attached hydrogens (primary N) is 1. The predicted octanol–water partition coefficient (Wildman–Crippen LogP) is 3.00. The van der Waals surface area contributed by atoms with E-state index in [4.69, 9.17) is 22.1 Å². The van der Waals surface area contributed by atoms with Gasteiger partial charge < -0.3 is 15.0 Å².